The van der Waals surface area contributed by atoms with E-state index in [-0.39, 0.29) is 11.4 Å². The van der Waals surface area contributed by atoms with Gasteiger partial charge in [-0.05, 0) is 24.3 Å². The predicted molar refractivity (Wildman–Crippen MR) is 109 cm³/mol. The Morgan fingerprint density at radius 3 is 2.41 bits per heavy atom. The van der Waals surface area contributed by atoms with Crippen molar-refractivity contribution in [3.8, 4) is 0 Å². The zero-order chi connectivity index (χ0) is 20.1. The first-order valence-electron chi connectivity index (χ1n) is 9.27. The second kappa shape index (κ2) is 8.66. The molecule has 0 saturated carbocycles. The first-order valence-corrected chi connectivity index (χ1v) is 9.27. The van der Waals surface area contributed by atoms with E-state index >= 15 is 0 Å². The lowest BCUT2D eigenvalue weighted by Gasteiger charge is -2.30. The van der Waals surface area contributed by atoms with Gasteiger partial charge in [-0.1, -0.05) is 24.3 Å². The van der Waals surface area contributed by atoms with Gasteiger partial charge < -0.3 is 20.3 Å². The van der Waals surface area contributed by atoms with E-state index in [1.165, 1.54) is 24.5 Å². The van der Waals surface area contributed by atoms with Gasteiger partial charge >= 0.3 is 0 Å². The molecule has 1 amide bonds. The number of carbonyl (C=O) groups excluding carboxylic acids is 1. The van der Waals surface area contributed by atoms with Crippen molar-refractivity contribution in [2.75, 3.05) is 41.8 Å². The Morgan fingerprint density at radius 1 is 0.966 bits per heavy atom. The molecule has 0 unspecified atom stereocenters. The molecule has 7 nitrogen and oxygen atoms in total. The Hall–Kier alpha value is -3.52. The van der Waals surface area contributed by atoms with Gasteiger partial charge in [-0.25, -0.2) is 14.4 Å². The summed E-state index contributed by atoms with van der Waals surface area (Å²) in [6.07, 6.45) is 2.84. The largest absolute Gasteiger partial charge is 0.378 e. The summed E-state index contributed by atoms with van der Waals surface area (Å²) in [7, 11) is 0. The quantitative estimate of drug-likeness (QED) is 0.691. The lowest BCUT2D eigenvalue weighted by Crippen LogP contribution is -2.36. The van der Waals surface area contributed by atoms with Crippen LogP contribution in [0.3, 0.4) is 0 Å². The maximum Gasteiger partial charge on any atom is 0.275 e. The molecule has 2 aromatic carbocycles. The normalized spacial score (nSPS) is 13.8. The molecule has 3 aromatic rings. The van der Waals surface area contributed by atoms with Gasteiger partial charge in [0.05, 0.1) is 42.7 Å². The lowest BCUT2D eigenvalue weighted by atomic mass is 10.2. The van der Waals surface area contributed by atoms with E-state index in [0.717, 1.165) is 24.5 Å². The number of hydrogen-bond donors (Lipinski definition) is 2. The van der Waals surface area contributed by atoms with Gasteiger partial charge in [-0.15, -0.1) is 0 Å². The number of morpholine rings is 1. The van der Waals surface area contributed by atoms with Crippen molar-refractivity contribution in [2.24, 2.45) is 0 Å². The molecule has 0 spiro atoms. The van der Waals surface area contributed by atoms with Crippen molar-refractivity contribution in [1.29, 1.82) is 0 Å². The van der Waals surface area contributed by atoms with E-state index in [0.29, 0.717) is 19.0 Å². The topological polar surface area (TPSA) is 79.4 Å². The number of rotatable bonds is 5. The number of amides is 1. The van der Waals surface area contributed by atoms with Gasteiger partial charge in [-0.2, -0.15) is 0 Å². The predicted octanol–water partition coefficient (Wildman–Crippen LogP) is 3.45. The van der Waals surface area contributed by atoms with E-state index in [1.54, 1.807) is 12.1 Å². The van der Waals surface area contributed by atoms with Crippen molar-refractivity contribution in [3.05, 3.63) is 72.4 Å². The summed E-state index contributed by atoms with van der Waals surface area (Å²) >= 11 is 0. The van der Waals surface area contributed by atoms with Crippen LogP contribution in [0, 0.1) is 5.82 Å². The SMILES string of the molecule is O=C(Nc1ccccc1F)c1cnc(Nc2ccccc2N2CCOCC2)cn1. The molecule has 29 heavy (non-hydrogen) atoms. The summed E-state index contributed by atoms with van der Waals surface area (Å²) in [5.74, 6) is -0.525. The molecule has 1 saturated heterocycles. The Labute approximate surface area is 167 Å². The van der Waals surface area contributed by atoms with Gasteiger partial charge in [0.1, 0.15) is 17.3 Å². The number of anilines is 4. The standard InChI is InChI=1S/C21H20FN5O2/c22-15-5-1-2-6-16(15)26-21(28)18-13-24-20(14-23-18)25-17-7-3-4-8-19(17)27-9-11-29-12-10-27/h1-8,13-14H,9-12H2,(H,24,25)(H,26,28). The van der Waals surface area contributed by atoms with Crippen molar-refractivity contribution < 1.29 is 13.9 Å². The molecule has 2 heterocycles. The van der Waals surface area contributed by atoms with Gasteiger partial charge in [0.25, 0.3) is 5.91 Å². The minimum Gasteiger partial charge on any atom is -0.378 e. The Balaban J connectivity index is 1.46. The van der Waals surface area contributed by atoms with Crippen LogP contribution in [0.5, 0.6) is 0 Å². The van der Waals surface area contributed by atoms with Crippen molar-refractivity contribution in [2.45, 2.75) is 0 Å². The first-order chi connectivity index (χ1) is 14.2. The maximum atomic E-state index is 13.7. The molecule has 0 aliphatic carbocycles. The Kier molecular flexibility index (Phi) is 5.62. The summed E-state index contributed by atoms with van der Waals surface area (Å²) in [6, 6.07) is 13.9. The average molecular weight is 393 g/mol. The van der Waals surface area contributed by atoms with Crippen LogP contribution in [0.2, 0.25) is 0 Å². The van der Waals surface area contributed by atoms with E-state index in [2.05, 4.69) is 25.5 Å². The molecule has 1 fully saturated rings. The molecule has 148 valence electrons. The third-order valence-electron chi connectivity index (χ3n) is 4.53. The summed E-state index contributed by atoms with van der Waals surface area (Å²) in [5, 5.41) is 5.74. The molecule has 0 radical (unpaired) electrons. The molecule has 1 aromatic heterocycles. The zero-order valence-corrected chi connectivity index (χ0v) is 15.6. The smallest absolute Gasteiger partial charge is 0.275 e. The van der Waals surface area contributed by atoms with E-state index < -0.39 is 11.7 Å². The fourth-order valence-corrected chi connectivity index (χ4v) is 3.06. The third-order valence-corrected chi connectivity index (χ3v) is 4.53. The fourth-order valence-electron chi connectivity index (χ4n) is 3.06. The highest BCUT2D eigenvalue weighted by Gasteiger charge is 2.15. The van der Waals surface area contributed by atoms with Gasteiger partial charge in [0, 0.05) is 13.1 Å². The van der Waals surface area contributed by atoms with Crippen LogP contribution in [-0.2, 0) is 4.74 Å². The average Bonchev–Trinajstić information content (AvgIpc) is 2.77. The van der Waals surface area contributed by atoms with Crippen molar-refractivity contribution in [1.82, 2.24) is 9.97 Å². The Bertz CT molecular complexity index is 990. The van der Waals surface area contributed by atoms with E-state index in [9.17, 15) is 9.18 Å². The van der Waals surface area contributed by atoms with Crippen LogP contribution in [0.15, 0.2) is 60.9 Å². The molecule has 2 N–H and O–H groups in total. The monoisotopic (exact) mass is 393 g/mol. The number of para-hydroxylation sites is 3. The summed E-state index contributed by atoms with van der Waals surface area (Å²) in [5.41, 5.74) is 2.15. The van der Waals surface area contributed by atoms with Crippen LogP contribution in [0.4, 0.5) is 27.3 Å². The number of hydrogen-bond acceptors (Lipinski definition) is 6. The number of halogens is 1. The van der Waals surface area contributed by atoms with Crippen LogP contribution in [-0.4, -0.2) is 42.2 Å². The highest BCUT2D eigenvalue weighted by atomic mass is 19.1. The first kappa shape index (κ1) is 18.8. The van der Waals surface area contributed by atoms with Gasteiger partial charge in [0.15, 0.2) is 0 Å². The molecule has 0 atom stereocenters. The van der Waals surface area contributed by atoms with E-state index in [4.69, 9.17) is 4.74 Å². The third kappa shape index (κ3) is 4.49. The van der Waals surface area contributed by atoms with Crippen LogP contribution in [0.1, 0.15) is 10.5 Å². The molecule has 1 aliphatic rings. The molecular weight excluding hydrogens is 373 g/mol. The van der Waals surface area contributed by atoms with Crippen LogP contribution in [0.25, 0.3) is 0 Å². The highest BCUT2D eigenvalue weighted by molar-refractivity contribution is 6.02. The molecule has 1 aliphatic heterocycles. The number of nitrogens with one attached hydrogen (secondary N) is 2. The van der Waals surface area contributed by atoms with Gasteiger partial charge in [-0.3, -0.25) is 4.79 Å². The maximum absolute atomic E-state index is 13.7. The number of carbonyl (C=O) groups is 1. The lowest BCUT2D eigenvalue weighted by molar-refractivity contribution is 0.102. The number of ether oxygens (including phenoxy) is 1. The molecule has 0 bridgehead atoms. The minimum absolute atomic E-state index is 0.0975. The highest BCUT2D eigenvalue weighted by Crippen LogP contribution is 2.28. The summed E-state index contributed by atoms with van der Waals surface area (Å²) < 4.78 is 19.1. The Morgan fingerprint density at radius 2 is 1.69 bits per heavy atom. The molecule has 8 heteroatoms. The number of nitrogens with zero attached hydrogens (tertiary/aromatic N) is 3. The second-order valence-electron chi connectivity index (χ2n) is 6.46. The molecular formula is C21H20FN5O2. The van der Waals surface area contributed by atoms with Gasteiger partial charge in [0.2, 0.25) is 0 Å². The fraction of sp³-hybridized carbons (Fsp3) is 0.190. The summed E-state index contributed by atoms with van der Waals surface area (Å²) in [4.78, 5) is 22.9. The summed E-state index contributed by atoms with van der Waals surface area (Å²) in [6.45, 7) is 3.03. The van der Waals surface area contributed by atoms with Crippen LogP contribution < -0.4 is 15.5 Å². The second-order valence-corrected chi connectivity index (χ2v) is 6.46. The van der Waals surface area contributed by atoms with Crippen molar-refractivity contribution >= 4 is 28.8 Å². The van der Waals surface area contributed by atoms with E-state index in [1.807, 2.05) is 24.3 Å². The number of benzene rings is 2. The minimum atomic E-state index is -0.525. The van der Waals surface area contributed by atoms with Crippen LogP contribution >= 0.6 is 0 Å². The number of aromatic nitrogens is 2. The zero-order valence-electron chi connectivity index (χ0n) is 15.6. The molecule has 4 rings (SSSR count). The van der Waals surface area contributed by atoms with Crippen molar-refractivity contribution in [3.63, 3.8) is 0 Å².